The molecule has 3 heteroatoms. The zero-order valence-corrected chi connectivity index (χ0v) is 20.5. The standard InChI is InChI=1S/C34H28O3/c1-5-13-26(14-6-1)27-21-22-32(31(25-27)33-35-23-24-36-33)37-34(28-15-7-2-8-16-28,29-17-9-3-10-18-29)30-19-11-4-12-20-30/h1-22,25,33H,23-24H2. The number of hydrogen-bond acceptors (Lipinski definition) is 3. The first-order valence-corrected chi connectivity index (χ1v) is 12.6. The van der Waals surface area contributed by atoms with Crippen molar-refractivity contribution in [2.24, 2.45) is 0 Å². The monoisotopic (exact) mass is 484 g/mol. The molecule has 0 radical (unpaired) electrons. The summed E-state index contributed by atoms with van der Waals surface area (Å²) in [5.41, 5.74) is 5.34. The summed E-state index contributed by atoms with van der Waals surface area (Å²) < 4.78 is 19.2. The first-order chi connectivity index (χ1) is 18.3. The minimum atomic E-state index is -0.884. The van der Waals surface area contributed by atoms with Crippen LogP contribution in [0.25, 0.3) is 11.1 Å². The van der Waals surface area contributed by atoms with Crippen molar-refractivity contribution in [2.45, 2.75) is 11.9 Å². The van der Waals surface area contributed by atoms with Gasteiger partial charge in [-0.05, 0) is 23.3 Å². The average molecular weight is 485 g/mol. The van der Waals surface area contributed by atoms with Gasteiger partial charge in [-0.2, -0.15) is 0 Å². The van der Waals surface area contributed by atoms with Crippen molar-refractivity contribution in [3.05, 3.63) is 162 Å². The Balaban J connectivity index is 1.57. The van der Waals surface area contributed by atoms with E-state index in [1.165, 1.54) is 0 Å². The van der Waals surface area contributed by atoms with E-state index >= 15 is 0 Å². The number of rotatable bonds is 7. The Bertz CT molecular complexity index is 1330. The van der Waals surface area contributed by atoms with Crippen molar-refractivity contribution in [3.63, 3.8) is 0 Å². The third-order valence-corrected chi connectivity index (χ3v) is 6.80. The van der Waals surface area contributed by atoms with E-state index in [4.69, 9.17) is 14.2 Å². The molecule has 1 heterocycles. The van der Waals surface area contributed by atoms with Gasteiger partial charge in [-0.3, -0.25) is 0 Å². The predicted molar refractivity (Wildman–Crippen MR) is 146 cm³/mol. The average Bonchev–Trinajstić information content (AvgIpc) is 3.53. The molecule has 1 aliphatic heterocycles. The Morgan fingerprint density at radius 3 is 1.46 bits per heavy atom. The van der Waals surface area contributed by atoms with Gasteiger partial charge in [-0.25, -0.2) is 0 Å². The van der Waals surface area contributed by atoms with Gasteiger partial charge in [-0.1, -0.05) is 127 Å². The van der Waals surface area contributed by atoms with E-state index in [2.05, 4.69) is 97.1 Å². The largest absolute Gasteiger partial charge is 0.473 e. The lowest BCUT2D eigenvalue weighted by molar-refractivity contribution is -0.0469. The van der Waals surface area contributed by atoms with E-state index < -0.39 is 11.9 Å². The molecule has 0 aliphatic carbocycles. The van der Waals surface area contributed by atoms with Crippen LogP contribution in [0.2, 0.25) is 0 Å². The van der Waals surface area contributed by atoms with Crippen LogP contribution < -0.4 is 4.74 Å². The van der Waals surface area contributed by atoms with Gasteiger partial charge >= 0.3 is 0 Å². The van der Waals surface area contributed by atoms with Crippen LogP contribution >= 0.6 is 0 Å². The van der Waals surface area contributed by atoms with E-state index in [0.717, 1.165) is 39.1 Å². The Morgan fingerprint density at radius 1 is 0.514 bits per heavy atom. The molecule has 0 saturated carbocycles. The van der Waals surface area contributed by atoms with Gasteiger partial charge < -0.3 is 14.2 Å². The summed E-state index contributed by atoms with van der Waals surface area (Å²) in [6.07, 6.45) is -0.487. The lowest BCUT2D eigenvalue weighted by atomic mass is 9.80. The third-order valence-electron chi connectivity index (χ3n) is 6.80. The molecule has 0 spiro atoms. The van der Waals surface area contributed by atoms with Gasteiger partial charge in [-0.15, -0.1) is 0 Å². The molecule has 1 aliphatic rings. The summed E-state index contributed by atoms with van der Waals surface area (Å²) in [7, 11) is 0. The van der Waals surface area contributed by atoms with E-state index in [1.54, 1.807) is 0 Å². The summed E-state index contributed by atoms with van der Waals surface area (Å²) >= 11 is 0. The van der Waals surface area contributed by atoms with Crippen molar-refractivity contribution in [1.82, 2.24) is 0 Å². The zero-order valence-electron chi connectivity index (χ0n) is 20.5. The lowest BCUT2D eigenvalue weighted by Gasteiger charge is -2.37. The van der Waals surface area contributed by atoms with Gasteiger partial charge in [0.15, 0.2) is 11.9 Å². The molecule has 5 aromatic carbocycles. The highest BCUT2D eigenvalue weighted by Crippen LogP contribution is 2.44. The molecule has 0 atom stereocenters. The van der Waals surface area contributed by atoms with E-state index in [0.29, 0.717) is 13.2 Å². The summed E-state index contributed by atoms with van der Waals surface area (Å²) in [6, 6.07) is 47.8. The van der Waals surface area contributed by atoms with Crippen LogP contribution in [0, 0.1) is 0 Å². The molecule has 0 amide bonds. The maximum absolute atomic E-state index is 7.23. The Morgan fingerprint density at radius 2 is 0.973 bits per heavy atom. The minimum Gasteiger partial charge on any atom is -0.473 e. The van der Waals surface area contributed by atoms with Gasteiger partial charge in [0.1, 0.15) is 5.75 Å². The number of benzene rings is 5. The molecule has 0 aromatic heterocycles. The van der Waals surface area contributed by atoms with Gasteiger partial charge in [0.05, 0.1) is 18.8 Å². The highest BCUT2D eigenvalue weighted by molar-refractivity contribution is 5.66. The molecule has 0 N–H and O–H groups in total. The fourth-order valence-electron chi connectivity index (χ4n) is 5.03. The number of ether oxygens (including phenoxy) is 3. The van der Waals surface area contributed by atoms with Gasteiger partial charge in [0.25, 0.3) is 0 Å². The van der Waals surface area contributed by atoms with Gasteiger partial charge in [0.2, 0.25) is 0 Å². The van der Waals surface area contributed by atoms with Crippen LogP contribution in [0.1, 0.15) is 28.5 Å². The normalized spacial score (nSPS) is 13.9. The zero-order chi connectivity index (χ0) is 24.9. The second kappa shape index (κ2) is 10.4. The van der Waals surface area contributed by atoms with E-state index in [9.17, 15) is 0 Å². The van der Waals surface area contributed by atoms with Crippen molar-refractivity contribution >= 4 is 0 Å². The molecule has 6 rings (SSSR count). The highest BCUT2D eigenvalue weighted by Gasteiger charge is 2.40. The topological polar surface area (TPSA) is 27.7 Å². The molecular weight excluding hydrogens is 456 g/mol. The SMILES string of the molecule is c1ccc(-c2ccc(OC(c3ccccc3)(c3ccccc3)c3ccccc3)c(C3OCCO3)c2)cc1. The van der Waals surface area contributed by atoms with Crippen molar-refractivity contribution in [2.75, 3.05) is 13.2 Å². The molecule has 182 valence electrons. The lowest BCUT2D eigenvalue weighted by Crippen LogP contribution is -2.36. The van der Waals surface area contributed by atoms with Gasteiger partial charge in [0, 0.05) is 16.7 Å². The minimum absolute atomic E-state index is 0.487. The Labute approximate surface area is 217 Å². The van der Waals surface area contributed by atoms with Crippen LogP contribution in [-0.2, 0) is 15.1 Å². The molecule has 3 nitrogen and oxygen atoms in total. The molecule has 0 bridgehead atoms. The predicted octanol–water partition coefficient (Wildman–Crippen LogP) is 7.77. The van der Waals surface area contributed by atoms with Crippen LogP contribution in [0.4, 0.5) is 0 Å². The summed E-state index contributed by atoms with van der Waals surface area (Å²) in [5.74, 6) is 0.725. The molecule has 1 saturated heterocycles. The Kier molecular flexibility index (Phi) is 6.55. The van der Waals surface area contributed by atoms with E-state index in [1.807, 2.05) is 42.5 Å². The molecule has 1 fully saturated rings. The van der Waals surface area contributed by atoms with Crippen LogP contribution in [0.5, 0.6) is 5.75 Å². The first-order valence-electron chi connectivity index (χ1n) is 12.6. The molecule has 5 aromatic rings. The fourth-order valence-corrected chi connectivity index (χ4v) is 5.03. The maximum Gasteiger partial charge on any atom is 0.187 e. The first kappa shape index (κ1) is 23.2. The second-order valence-electron chi connectivity index (χ2n) is 9.07. The van der Waals surface area contributed by atoms with Crippen molar-refractivity contribution < 1.29 is 14.2 Å². The van der Waals surface area contributed by atoms with E-state index in [-0.39, 0.29) is 0 Å². The quantitative estimate of drug-likeness (QED) is 0.221. The summed E-state index contributed by atoms with van der Waals surface area (Å²) in [6.45, 7) is 1.11. The van der Waals surface area contributed by atoms with Crippen LogP contribution in [-0.4, -0.2) is 13.2 Å². The van der Waals surface area contributed by atoms with Crippen molar-refractivity contribution in [1.29, 1.82) is 0 Å². The fraction of sp³-hybridized carbons (Fsp3) is 0.118. The number of hydrogen-bond donors (Lipinski definition) is 0. The highest BCUT2D eigenvalue weighted by atomic mass is 16.7. The molecule has 37 heavy (non-hydrogen) atoms. The molecule has 0 unspecified atom stereocenters. The molecular formula is C34H28O3. The summed E-state index contributed by atoms with van der Waals surface area (Å²) in [5, 5.41) is 0. The Hall–Kier alpha value is -4.18. The van der Waals surface area contributed by atoms with Crippen molar-refractivity contribution in [3.8, 4) is 16.9 Å². The third kappa shape index (κ3) is 4.55. The summed E-state index contributed by atoms with van der Waals surface area (Å²) in [4.78, 5) is 0. The van der Waals surface area contributed by atoms with Crippen LogP contribution in [0.15, 0.2) is 140 Å². The second-order valence-corrected chi connectivity index (χ2v) is 9.07. The maximum atomic E-state index is 7.23. The smallest absolute Gasteiger partial charge is 0.187 e. The van der Waals surface area contributed by atoms with Crippen LogP contribution in [0.3, 0.4) is 0 Å².